The van der Waals surface area contributed by atoms with Gasteiger partial charge in [-0.25, -0.2) is 9.07 Å². The lowest BCUT2D eigenvalue weighted by Crippen LogP contribution is -2.04. The quantitative estimate of drug-likeness (QED) is 0.761. The Hall–Kier alpha value is -2.04. The van der Waals surface area contributed by atoms with Gasteiger partial charge in [-0.05, 0) is 18.2 Å². The maximum atomic E-state index is 13.7. The Morgan fingerprint density at radius 3 is 2.87 bits per heavy atom. The van der Waals surface area contributed by atoms with Crippen molar-refractivity contribution < 1.29 is 9.13 Å². The van der Waals surface area contributed by atoms with Gasteiger partial charge in [-0.2, -0.15) is 5.10 Å². The van der Waals surface area contributed by atoms with Crippen molar-refractivity contribution in [3.8, 4) is 11.4 Å². The average molecular weight is 207 g/mol. The van der Waals surface area contributed by atoms with Crippen molar-refractivity contribution in [1.82, 2.24) is 9.78 Å². The van der Waals surface area contributed by atoms with Crippen LogP contribution in [0.25, 0.3) is 5.69 Å². The summed E-state index contributed by atoms with van der Waals surface area (Å²) in [4.78, 5) is 0. The summed E-state index contributed by atoms with van der Waals surface area (Å²) in [6.07, 6.45) is 3.18. The predicted octanol–water partition coefficient (Wildman–Crippen LogP) is 1.60. The maximum absolute atomic E-state index is 13.7. The first-order valence-electron chi connectivity index (χ1n) is 4.36. The topological polar surface area (TPSA) is 53.1 Å². The highest BCUT2D eigenvalue weighted by Gasteiger charge is 2.14. The number of anilines is 1. The summed E-state index contributed by atoms with van der Waals surface area (Å²) in [5.41, 5.74) is 5.77. The fourth-order valence-corrected chi connectivity index (χ4v) is 1.34. The molecule has 1 heterocycles. The minimum absolute atomic E-state index is 0.0706. The number of rotatable bonds is 2. The van der Waals surface area contributed by atoms with Crippen molar-refractivity contribution >= 4 is 5.69 Å². The Balaban J connectivity index is 2.67. The number of nitrogen functional groups attached to an aromatic ring is 1. The van der Waals surface area contributed by atoms with Crippen molar-refractivity contribution in [3.05, 3.63) is 36.4 Å². The Morgan fingerprint density at radius 2 is 2.27 bits per heavy atom. The van der Waals surface area contributed by atoms with E-state index in [-0.39, 0.29) is 11.4 Å². The van der Waals surface area contributed by atoms with Gasteiger partial charge in [0.15, 0.2) is 5.82 Å². The molecule has 0 aliphatic carbocycles. The van der Waals surface area contributed by atoms with Crippen molar-refractivity contribution in [1.29, 1.82) is 0 Å². The normalized spacial score (nSPS) is 10.3. The number of methoxy groups -OCH3 is 1. The van der Waals surface area contributed by atoms with E-state index in [9.17, 15) is 4.39 Å². The van der Waals surface area contributed by atoms with Crippen LogP contribution in [0.3, 0.4) is 0 Å². The Kier molecular flexibility index (Phi) is 2.29. The third-order valence-electron chi connectivity index (χ3n) is 2.06. The number of ether oxygens (including phenoxy) is 1. The molecular formula is C10H10FN3O. The molecule has 1 aromatic carbocycles. The summed E-state index contributed by atoms with van der Waals surface area (Å²) in [6.45, 7) is 0. The molecule has 2 N–H and O–H groups in total. The number of hydrogen-bond acceptors (Lipinski definition) is 3. The molecule has 4 nitrogen and oxygen atoms in total. The lowest BCUT2D eigenvalue weighted by atomic mass is 10.2. The van der Waals surface area contributed by atoms with E-state index in [0.29, 0.717) is 5.75 Å². The molecule has 0 saturated heterocycles. The molecule has 0 fully saturated rings. The van der Waals surface area contributed by atoms with Gasteiger partial charge >= 0.3 is 0 Å². The molecule has 0 spiro atoms. The molecule has 1 aromatic heterocycles. The summed E-state index contributed by atoms with van der Waals surface area (Å²) >= 11 is 0. The highest BCUT2D eigenvalue weighted by Crippen LogP contribution is 2.28. The maximum Gasteiger partial charge on any atom is 0.175 e. The molecule has 15 heavy (non-hydrogen) atoms. The fraction of sp³-hybridized carbons (Fsp3) is 0.100. The zero-order valence-corrected chi connectivity index (χ0v) is 8.14. The number of nitrogens with zero attached hydrogens (tertiary/aromatic N) is 2. The molecule has 0 aliphatic rings. The van der Waals surface area contributed by atoms with Gasteiger partial charge in [-0.15, -0.1) is 0 Å². The van der Waals surface area contributed by atoms with Crippen molar-refractivity contribution in [2.24, 2.45) is 0 Å². The van der Waals surface area contributed by atoms with Gasteiger partial charge in [0.1, 0.15) is 11.4 Å². The van der Waals surface area contributed by atoms with Crippen LogP contribution in [0, 0.1) is 5.82 Å². The molecule has 2 aromatic rings. The molecule has 0 radical (unpaired) electrons. The van der Waals surface area contributed by atoms with Crippen LogP contribution in [0.1, 0.15) is 0 Å². The second kappa shape index (κ2) is 3.61. The second-order valence-corrected chi connectivity index (χ2v) is 2.97. The van der Waals surface area contributed by atoms with Gasteiger partial charge in [-0.1, -0.05) is 0 Å². The third-order valence-corrected chi connectivity index (χ3v) is 2.06. The minimum atomic E-state index is -0.530. The van der Waals surface area contributed by atoms with Crippen LogP contribution in [-0.2, 0) is 0 Å². The molecule has 0 atom stereocenters. The molecule has 0 unspecified atom stereocenters. The fourth-order valence-electron chi connectivity index (χ4n) is 1.34. The molecule has 0 saturated carbocycles. The van der Waals surface area contributed by atoms with Crippen LogP contribution < -0.4 is 10.5 Å². The number of aromatic nitrogens is 2. The first-order valence-corrected chi connectivity index (χ1v) is 4.36. The SMILES string of the molecule is COc1ccc(N)c(F)c1-n1cccn1. The molecule has 0 aliphatic heterocycles. The van der Waals surface area contributed by atoms with Gasteiger partial charge in [0.25, 0.3) is 0 Å². The van der Waals surface area contributed by atoms with Crippen molar-refractivity contribution in [2.45, 2.75) is 0 Å². The monoisotopic (exact) mass is 207 g/mol. The zero-order valence-electron chi connectivity index (χ0n) is 8.14. The number of nitrogens with two attached hydrogens (primary N) is 1. The van der Waals surface area contributed by atoms with Gasteiger partial charge in [-0.3, -0.25) is 0 Å². The summed E-state index contributed by atoms with van der Waals surface area (Å²) < 4.78 is 20.2. The van der Waals surface area contributed by atoms with Crippen LogP contribution in [0.15, 0.2) is 30.6 Å². The van der Waals surface area contributed by atoms with E-state index >= 15 is 0 Å². The van der Waals surface area contributed by atoms with E-state index in [2.05, 4.69) is 5.10 Å². The standard InChI is InChI=1S/C10H10FN3O/c1-15-8-4-3-7(12)9(11)10(8)14-6-2-5-13-14/h2-6H,12H2,1H3. The molecule has 78 valence electrons. The van der Waals surface area contributed by atoms with E-state index < -0.39 is 5.82 Å². The van der Waals surface area contributed by atoms with Crippen LogP contribution in [0.5, 0.6) is 5.75 Å². The molecule has 5 heteroatoms. The minimum Gasteiger partial charge on any atom is -0.494 e. The van der Waals surface area contributed by atoms with Crippen LogP contribution in [-0.4, -0.2) is 16.9 Å². The van der Waals surface area contributed by atoms with E-state index in [1.165, 1.54) is 17.9 Å². The van der Waals surface area contributed by atoms with Crippen LogP contribution >= 0.6 is 0 Å². The summed E-state index contributed by atoms with van der Waals surface area (Å²) in [7, 11) is 1.47. The highest BCUT2D eigenvalue weighted by atomic mass is 19.1. The number of halogens is 1. The number of benzene rings is 1. The lowest BCUT2D eigenvalue weighted by molar-refractivity contribution is 0.407. The molecule has 0 bridgehead atoms. The molecular weight excluding hydrogens is 197 g/mol. The Labute approximate surface area is 86.1 Å². The van der Waals surface area contributed by atoms with E-state index in [4.69, 9.17) is 10.5 Å². The smallest absolute Gasteiger partial charge is 0.175 e. The van der Waals surface area contributed by atoms with E-state index in [1.807, 2.05) is 0 Å². The van der Waals surface area contributed by atoms with Crippen molar-refractivity contribution in [3.63, 3.8) is 0 Å². The lowest BCUT2D eigenvalue weighted by Gasteiger charge is -2.10. The largest absolute Gasteiger partial charge is 0.494 e. The van der Waals surface area contributed by atoms with Gasteiger partial charge in [0, 0.05) is 12.4 Å². The average Bonchev–Trinajstić information content (AvgIpc) is 2.75. The van der Waals surface area contributed by atoms with Crippen molar-refractivity contribution in [2.75, 3.05) is 12.8 Å². The molecule has 0 amide bonds. The van der Waals surface area contributed by atoms with E-state index in [1.54, 1.807) is 24.5 Å². The second-order valence-electron chi connectivity index (χ2n) is 2.97. The first kappa shape index (κ1) is 9.51. The highest BCUT2D eigenvalue weighted by molar-refractivity contribution is 5.57. The summed E-state index contributed by atoms with van der Waals surface area (Å²) in [6, 6.07) is 4.76. The third kappa shape index (κ3) is 1.52. The summed E-state index contributed by atoms with van der Waals surface area (Å²) in [5.74, 6) is -0.136. The first-order chi connectivity index (χ1) is 7.24. The molecule has 2 rings (SSSR count). The van der Waals surface area contributed by atoms with Gasteiger partial charge < -0.3 is 10.5 Å². The Bertz CT molecular complexity index is 468. The van der Waals surface area contributed by atoms with Gasteiger partial charge in [0.05, 0.1) is 12.8 Å². The van der Waals surface area contributed by atoms with Crippen LogP contribution in [0.4, 0.5) is 10.1 Å². The Morgan fingerprint density at radius 1 is 1.47 bits per heavy atom. The summed E-state index contributed by atoms with van der Waals surface area (Å²) in [5, 5.41) is 3.94. The zero-order chi connectivity index (χ0) is 10.8. The van der Waals surface area contributed by atoms with E-state index in [0.717, 1.165) is 0 Å². The van der Waals surface area contributed by atoms with Gasteiger partial charge in [0.2, 0.25) is 0 Å². The number of hydrogen-bond donors (Lipinski definition) is 1. The van der Waals surface area contributed by atoms with Crippen LogP contribution in [0.2, 0.25) is 0 Å². The predicted molar refractivity (Wildman–Crippen MR) is 54.5 cm³/mol.